The van der Waals surface area contributed by atoms with Crippen molar-refractivity contribution in [1.29, 1.82) is 0 Å². The summed E-state index contributed by atoms with van der Waals surface area (Å²) in [4.78, 5) is 18.2. The molecule has 4 nitrogen and oxygen atoms in total. The molecule has 2 aromatic rings. The van der Waals surface area contributed by atoms with Crippen LogP contribution in [0.4, 0.5) is 5.69 Å². The Bertz CT molecular complexity index is 605. The number of rotatable bonds is 5. The zero-order valence-corrected chi connectivity index (χ0v) is 14.0. The van der Waals surface area contributed by atoms with Gasteiger partial charge in [-0.2, -0.15) is 0 Å². The second-order valence-corrected chi connectivity index (χ2v) is 7.31. The average molecular weight is 376 g/mol. The van der Waals surface area contributed by atoms with Crippen LogP contribution in [0.5, 0.6) is 0 Å². The van der Waals surface area contributed by atoms with E-state index in [0.29, 0.717) is 17.4 Å². The van der Waals surface area contributed by atoms with Crippen molar-refractivity contribution in [3.8, 4) is 0 Å². The second-order valence-electron chi connectivity index (χ2n) is 4.41. The first-order chi connectivity index (χ1) is 9.54. The number of amides is 1. The number of halogens is 2. The van der Waals surface area contributed by atoms with Crippen molar-refractivity contribution in [3.05, 3.63) is 44.3 Å². The Morgan fingerprint density at radius 3 is 2.95 bits per heavy atom. The minimum Gasteiger partial charge on any atom is -0.325 e. The molecule has 0 aliphatic heterocycles. The van der Waals surface area contributed by atoms with E-state index in [0.717, 1.165) is 15.2 Å². The summed E-state index contributed by atoms with van der Waals surface area (Å²) in [5.74, 6) is -0.0759. The van der Waals surface area contributed by atoms with Gasteiger partial charge in [0.15, 0.2) is 11.7 Å². The molecule has 2 aromatic heterocycles. The summed E-state index contributed by atoms with van der Waals surface area (Å²) in [5.41, 5.74) is 0.547. The third-order valence-electron chi connectivity index (χ3n) is 2.60. The molecule has 0 aliphatic carbocycles. The molecule has 0 aromatic carbocycles. The molecule has 0 spiro atoms. The van der Waals surface area contributed by atoms with Gasteiger partial charge in [-0.25, -0.2) is 4.98 Å². The van der Waals surface area contributed by atoms with E-state index < -0.39 is 0 Å². The van der Waals surface area contributed by atoms with Gasteiger partial charge in [0.25, 0.3) is 5.91 Å². The topological polar surface area (TPSA) is 46.4 Å². The second kappa shape index (κ2) is 7.17. The lowest BCUT2D eigenvalue weighted by atomic mass is 10.4. The number of aromatic nitrogens is 1. The van der Waals surface area contributed by atoms with E-state index in [2.05, 4.69) is 32.3 Å². The predicted molar refractivity (Wildman–Crippen MR) is 85.4 cm³/mol. The maximum Gasteiger partial charge on any atom is 0.279 e. The van der Waals surface area contributed by atoms with Crippen LogP contribution in [0.25, 0.3) is 0 Å². The van der Waals surface area contributed by atoms with Gasteiger partial charge < -0.3 is 10.2 Å². The predicted octanol–water partition coefficient (Wildman–Crippen LogP) is 2.21. The van der Waals surface area contributed by atoms with Crippen LogP contribution in [-0.4, -0.2) is 24.5 Å². The summed E-state index contributed by atoms with van der Waals surface area (Å²) in [7, 11) is 1.98. The van der Waals surface area contributed by atoms with E-state index in [4.69, 9.17) is 11.6 Å². The Morgan fingerprint density at radius 2 is 2.30 bits per heavy atom. The molecule has 1 unspecified atom stereocenters. The first-order valence-corrected chi connectivity index (χ1v) is 7.99. The van der Waals surface area contributed by atoms with E-state index in [1.807, 2.05) is 13.1 Å². The van der Waals surface area contributed by atoms with Gasteiger partial charge in [-0.1, -0.05) is 11.6 Å². The van der Waals surface area contributed by atoms with Crippen LogP contribution in [0.1, 0.15) is 4.88 Å². The van der Waals surface area contributed by atoms with Gasteiger partial charge in [0.1, 0.15) is 6.54 Å². The van der Waals surface area contributed by atoms with Gasteiger partial charge in [0.2, 0.25) is 0 Å². The van der Waals surface area contributed by atoms with Crippen molar-refractivity contribution in [3.63, 3.8) is 0 Å². The number of hydrogen-bond donors (Lipinski definition) is 2. The molecule has 0 radical (unpaired) electrons. The fourth-order valence-electron chi connectivity index (χ4n) is 1.75. The van der Waals surface area contributed by atoms with Crippen LogP contribution in [0, 0.1) is 0 Å². The first-order valence-electron chi connectivity index (χ1n) is 6.00. The third-order valence-corrected chi connectivity index (χ3v) is 4.53. The molecular weight excluding hydrogens is 362 g/mol. The van der Waals surface area contributed by atoms with Gasteiger partial charge in [0, 0.05) is 6.20 Å². The third kappa shape index (κ3) is 4.56. The Hall–Kier alpha value is -0.950. The number of nitrogens with one attached hydrogen (secondary N) is 2. The molecule has 0 bridgehead atoms. The molecule has 1 atom stereocenters. The van der Waals surface area contributed by atoms with Crippen molar-refractivity contribution in [2.75, 3.05) is 18.9 Å². The Balaban J connectivity index is 1.86. The van der Waals surface area contributed by atoms with E-state index in [-0.39, 0.29) is 5.91 Å². The highest BCUT2D eigenvalue weighted by molar-refractivity contribution is 9.11. The van der Waals surface area contributed by atoms with Gasteiger partial charge in [0.05, 0.1) is 21.4 Å². The summed E-state index contributed by atoms with van der Waals surface area (Å²) in [6.07, 6.45) is 1.59. The van der Waals surface area contributed by atoms with Crippen molar-refractivity contribution in [2.45, 2.75) is 6.54 Å². The molecule has 2 heterocycles. The van der Waals surface area contributed by atoms with Crippen LogP contribution in [0.3, 0.4) is 0 Å². The summed E-state index contributed by atoms with van der Waals surface area (Å²) in [6.45, 7) is 1.19. The monoisotopic (exact) mass is 374 g/mol. The van der Waals surface area contributed by atoms with Gasteiger partial charge in [-0.15, -0.1) is 11.3 Å². The van der Waals surface area contributed by atoms with Crippen LogP contribution < -0.4 is 10.2 Å². The summed E-state index contributed by atoms with van der Waals surface area (Å²) < 4.78 is 1.10. The number of quaternary nitrogens is 1. The molecule has 20 heavy (non-hydrogen) atoms. The molecule has 0 saturated heterocycles. The Morgan fingerprint density at radius 1 is 1.50 bits per heavy atom. The number of nitrogens with zero attached hydrogens (tertiary/aromatic N) is 1. The number of hydrogen-bond acceptors (Lipinski definition) is 3. The molecule has 0 saturated carbocycles. The zero-order valence-electron chi connectivity index (χ0n) is 10.8. The minimum absolute atomic E-state index is 0.0759. The quantitative estimate of drug-likeness (QED) is 0.787. The standard InChI is InChI=1S/C13H13BrClN3OS/c1-18(7-9-4-5-11(14)20-9)8-12(19)17-10-3-2-6-16-13(10)15/h2-6H,7-8H2,1H3,(H,17,19)/p+1. The van der Waals surface area contributed by atoms with Crippen molar-refractivity contribution < 1.29 is 9.69 Å². The van der Waals surface area contributed by atoms with Gasteiger partial charge >= 0.3 is 0 Å². The summed E-state index contributed by atoms with van der Waals surface area (Å²) >= 11 is 11.0. The van der Waals surface area contributed by atoms with Crippen molar-refractivity contribution in [2.24, 2.45) is 0 Å². The molecular formula is C13H14BrClN3OS+. The highest BCUT2D eigenvalue weighted by atomic mass is 79.9. The van der Waals surface area contributed by atoms with E-state index in [1.165, 1.54) is 4.88 Å². The number of carbonyl (C=O) groups excluding carboxylic acids is 1. The van der Waals surface area contributed by atoms with Gasteiger partial charge in [-0.3, -0.25) is 4.79 Å². The van der Waals surface area contributed by atoms with E-state index in [9.17, 15) is 4.79 Å². The number of thiophene rings is 1. The summed E-state index contributed by atoms with van der Waals surface area (Å²) in [6, 6.07) is 7.55. The van der Waals surface area contributed by atoms with Crippen LogP contribution in [0.15, 0.2) is 34.2 Å². The van der Waals surface area contributed by atoms with E-state index in [1.54, 1.807) is 29.7 Å². The Kier molecular flexibility index (Phi) is 5.54. The van der Waals surface area contributed by atoms with E-state index >= 15 is 0 Å². The van der Waals surface area contributed by atoms with Crippen molar-refractivity contribution >= 4 is 50.5 Å². The molecule has 106 valence electrons. The highest BCUT2D eigenvalue weighted by Gasteiger charge is 2.13. The maximum atomic E-state index is 11.9. The molecule has 0 fully saturated rings. The number of carbonyl (C=O) groups is 1. The maximum absolute atomic E-state index is 11.9. The van der Waals surface area contributed by atoms with Crippen LogP contribution in [0.2, 0.25) is 5.15 Å². The van der Waals surface area contributed by atoms with Crippen LogP contribution in [-0.2, 0) is 11.3 Å². The molecule has 2 N–H and O–H groups in total. The summed E-state index contributed by atoms with van der Waals surface area (Å²) in [5, 5.41) is 3.08. The molecule has 7 heteroatoms. The average Bonchev–Trinajstić information content (AvgIpc) is 2.77. The molecule has 2 rings (SSSR count). The van der Waals surface area contributed by atoms with Gasteiger partial charge in [-0.05, 0) is 40.2 Å². The SMILES string of the molecule is C[NH+](CC(=O)Nc1cccnc1Cl)Cc1ccc(Br)s1. The fraction of sp³-hybridized carbons (Fsp3) is 0.231. The fourth-order valence-corrected chi connectivity index (χ4v) is 3.52. The lowest BCUT2D eigenvalue weighted by Crippen LogP contribution is -3.08. The first kappa shape index (κ1) is 15.4. The number of likely N-dealkylation sites (N-methyl/N-ethyl adjacent to an activating group) is 1. The molecule has 1 amide bonds. The number of anilines is 1. The highest BCUT2D eigenvalue weighted by Crippen LogP contribution is 2.21. The van der Waals surface area contributed by atoms with Crippen molar-refractivity contribution in [1.82, 2.24) is 4.98 Å². The Labute approximate surface area is 134 Å². The number of pyridine rings is 1. The van der Waals surface area contributed by atoms with Crippen LogP contribution >= 0.6 is 38.9 Å². The lowest BCUT2D eigenvalue weighted by Gasteiger charge is -2.13. The minimum atomic E-state index is -0.0759. The smallest absolute Gasteiger partial charge is 0.279 e. The zero-order chi connectivity index (χ0) is 14.5. The molecule has 0 aliphatic rings. The lowest BCUT2D eigenvalue weighted by molar-refractivity contribution is -0.884. The largest absolute Gasteiger partial charge is 0.325 e. The normalized spacial score (nSPS) is 12.2.